The summed E-state index contributed by atoms with van der Waals surface area (Å²) in [5.41, 5.74) is -0.282. The van der Waals surface area contributed by atoms with E-state index >= 15 is 0 Å². The van der Waals surface area contributed by atoms with Gasteiger partial charge in [-0.3, -0.25) is 0 Å². The van der Waals surface area contributed by atoms with Crippen LogP contribution in [0.5, 0.6) is 5.88 Å². The molecular weight excluding hydrogens is 270 g/mol. The van der Waals surface area contributed by atoms with E-state index in [1.54, 1.807) is 6.92 Å². The summed E-state index contributed by atoms with van der Waals surface area (Å²) in [5, 5.41) is 9.12. The van der Waals surface area contributed by atoms with Gasteiger partial charge in [0.2, 0.25) is 12.0 Å². The highest BCUT2D eigenvalue weighted by Crippen LogP contribution is 2.23. The number of halogens is 2. The number of aromatic nitrogens is 2. The molecule has 2 aromatic rings. The lowest BCUT2D eigenvalue weighted by Crippen LogP contribution is -2.20. The quantitative estimate of drug-likeness (QED) is 0.930. The maximum Gasteiger partial charge on any atom is 0.349 e. The third-order valence-electron chi connectivity index (χ3n) is 2.46. The van der Waals surface area contributed by atoms with E-state index in [4.69, 9.17) is 9.84 Å². The molecule has 2 rings (SSSR count). The molecule has 20 heavy (non-hydrogen) atoms. The molecule has 1 N–H and O–H groups in total. The number of hydrogen-bond acceptors (Lipinski definition) is 4. The Bertz CT molecular complexity index is 649. The van der Waals surface area contributed by atoms with Crippen molar-refractivity contribution in [3.63, 3.8) is 0 Å². The lowest BCUT2D eigenvalue weighted by atomic mass is 10.1. The number of benzene rings is 1. The van der Waals surface area contributed by atoms with Crippen LogP contribution in [0, 0.1) is 18.6 Å². The van der Waals surface area contributed by atoms with Crippen LogP contribution in [0.3, 0.4) is 0 Å². The molecule has 0 aliphatic carbocycles. The van der Waals surface area contributed by atoms with E-state index in [9.17, 15) is 13.6 Å². The third-order valence-corrected chi connectivity index (χ3v) is 2.46. The highest BCUT2D eigenvalue weighted by atomic mass is 19.1. The van der Waals surface area contributed by atoms with Crippen molar-refractivity contribution < 1.29 is 23.4 Å². The number of hydrogen-bond donors (Lipinski definition) is 1. The normalized spacial score (nSPS) is 11.9. The zero-order valence-electron chi connectivity index (χ0n) is 10.4. The molecule has 0 saturated heterocycles. The maximum absolute atomic E-state index is 13.6. The van der Waals surface area contributed by atoms with E-state index in [0.717, 1.165) is 12.1 Å². The average molecular weight is 280 g/mol. The number of carboxylic acid groups (broad SMARTS) is 1. The molecule has 1 heterocycles. The van der Waals surface area contributed by atoms with Crippen molar-refractivity contribution in [3.8, 4) is 5.88 Å². The van der Waals surface area contributed by atoms with Gasteiger partial charge in [-0.25, -0.2) is 18.6 Å². The van der Waals surface area contributed by atoms with Crippen LogP contribution in [0.2, 0.25) is 0 Å². The first-order chi connectivity index (χ1) is 9.47. The fourth-order valence-corrected chi connectivity index (χ4v) is 1.58. The lowest BCUT2D eigenvalue weighted by molar-refractivity contribution is -0.145. The number of ether oxygens (including phenoxy) is 1. The van der Waals surface area contributed by atoms with Gasteiger partial charge in [0.25, 0.3) is 0 Å². The molecule has 7 heteroatoms. The van der Waals surface area contributed by atoms with Crippen molar-refractivity contribution in [2.24, 2.45) is 0 Å². The van der Waals surface area contributed by atoms with Gasteiger partial charge in [-0.2, -0.15) is 4.98 Å². The predicted octanol–water partition coefficient (Wildman–Crippen LogP) is 2.27. The summed E-state index contributed by atoms with van der Waals surface area (Å²) in [6.07, 6.45) is -0.234. The van der Waals surface area contributed by atoms with Crippen LogP contribution in [-0.4, -0.2) is 21.0 Å². The highest BCUT2D eigenvalue weighted by Gasteiger charge is 2.26. The van der Waals surface area contributed by atoms with Crippen molar-refractivity contribution in [2.45, 2.75) is 13.0 Å². The predicted molar refractivity (Wildman–Crippen MR) is 64.1 cm³/mol. The molecule has 0 saturated carbocycles. The number of aliphatic carboxylic acids is 1. The molecule has 1 atom stereocenters. The van der Waals surface area contributed by atoms with Gasteiger partial charge < -0.3 is 9.84 Å². The molecule has 0 aliphatic heterocycles. The number of carbonyl (C=O) groups is 1. The van der Waals surface area contributed by atoms with Crippen LogP contribution in [-0.2, 0) is 4.79 Å². The maximum atomic E-state index is 13.6. The Balaban J connectivity index is 2.34. The Labute approximate surface area is 112 Å². The first-order valence-corrected chi connectivity index (χ1v) is 5.61. The van der Waals surface area contributed by atoms with Crippen LogP contribution >= 0.6 is 0 Å². The summed E-state index contributed by atoms with van der Waals surface area (Å²) in [6.45, 7) is 1.60. The zero-order valence-corrected chi connectivity index (χ0v) is 10.4. The van der Waals surface area contributed by atoms with Gasteiger partial charge in [0.1, 0.15) is 17.5 Å². The van der Waals surface area contributed by atoms with Crippen molar-refractivity contribution in [3.05, 3.63) is 53.5 Å². The minimum absolute atomic E-state index is 0.00590. The summed E-state index contributed by atoms with van der Waals surface area (Å²) in [4.78, 5) is 18.9. The van der Waals surface area contributed by atoms with E-state index in [-0.39, 0.29) is 11.4 Å². The molecular formula is C13H10F2N2O3. The summed E-state index contributed by atoms with van der Waals surface area (Å²) in [6, 6.07) is 3.94. The average Bonchev–Trinajstić information content (AvgIpc) is 2.36. The van der Waals surface area contributed by atoms with Gasteiger partial charge in [-0.15, -0.1) is 0 Å². The van der Waals surface area contributed by atoms with Crippen LogP contribution in [0.1, 0.15) is 17.5 Å². The molecule has 0 spiro atoms. The fraction of sp³-hybridized carbons (Fsp3) is 0.154. The molecule has 0 aliphatic rings. The molecule has 1 aromatic heterocycles. The number of carboxylic acids is 1. The van der Waals surface area contributed by atoms with Gasteiger partial charge in [0.15, 0.2) is 0 Å². The minimum Gasteiger partial charge on any atom is -0.478 e. The first-order valence-electron chi connectivity index (χ1n) is 5.61. The van der Waals surface area contributed by atoms with Gasteiger partial charge >= 0.3 is 5.97 Å². The Morgan fingerprint density at radius 1 is 1.35 bits per heavy atom. The Morgan fingerprint density at radius 2 is 2.10 bits per heavy atom. The largest absolute Gasteiger partial charge is 0.478 e. The van der Waals surface area contributed by atoms with Crippen molar-refractivity contribution in [1.82, 2.24) is 9.97 Å². The van der Waals surface area contributed by atoms with Crippen molar-refractivity contribution >= 4 is 5.97 Å². The standard InChI is InChI=1S/C13H10F2N2O3/c1-7-16-5-4-11(17-7)20-12(13(18)19)9-3-2-8(14)6-10(9)15/h2-6,12H,1H3,(H,18,19). The third kappa shape index (κ3) is 3.05. The molecule has 0 radical (unpaired) electrons. The molecule has 1 unspecified atom stereocenters. The topological polar surface area (TPSA) is 72.3 Å². The van der Waals surface area contributed by atoms with Gasteiger partial charge in [-0.05, 0) is 19.1 Å². The van der Waals surface area contributed by atoms with E-state index in [1.165, 1.54) is 12.3 Å². The van der Waals surface area contributed by atoms with E-state index in [1.807, 2.05) is 0 Å². The Morgan fingerprint density at radius 3 is 2.70 bits per heavy atom. The van der Waals surface area contributed by atoms with Crippen LogP contribution in [0.15, 0.2) is 30.5 Å². The number of nitrogens with zero attached hydrogens (tertiary/aromatic N) is 2. The Hall–Kier alpha value is -2.57. The van der Waals surface area contributed by atoms with Crippen molar-refractivity contribution in [2.75, 3.05) is 0 Å². The van der Waals surface area contributed by atoms with E-state index in [2.05, 4.69) is 9.97 Å². The van der Waals surface area contributed by atoms with Gasteiger partial charge in [0, 0.05) is 23.9 Å². The molecule has 1 aromatic carbocycles. The van der Waals surface area contributed by atoms with Crippen LogP contribution in [0.25, 0.3) is 0 Å². The minimum atomic E-state index is -1.62. The van der Waals surface area contributed by atoms with Crippen LogP contribution in [0.4, 0.5) is 8.78 Å². The van der Waals surface area contributed by atoms with Crippen LogP contribution < -0.4 is 4.74 Å². The smallest absolute Gasteiger partial charge is 0.349 e. The molecule has 0 fully saturated rings. The first kappa shape index (κ1) is 13.9. The highest BCUT2D eigenvalue weighted by molar-refractivity contribution is 5.74. The summed E-state index contributed by atoms with van der Waals surface area (Å²) < 4.78 is 31.6. The van der Waals surface area contributed by atoms with Gasteiger partial charge in [0.05, 0.1) is 0 Å². The second kappa shape index (κ2) is 5.60. The summed E-state index contributed by atoms with van der Waals surface area (Å²) in [5.74, 6) is -2.83. The van der Waals surface area contributed by atoms with E-state index in [0.29, 0.717) is 11.9 Å². The number of rotatable bonds is 4. The molecule has 104 valence electrons. The second-order valence-electron chi connectivity index (χ2n) is 3.94. The molecule has 0 amide bonds. The monoisotopic (exact) mass is 280 g/mol. The van der Waals surface area contributed by atoms with Crippen molar-refractivity contribution in [1.29, 1.82) is 0 Å². The summed E-state index contributed by atoms with van der Waals surface area (Å²) >= 11 is 0. The fourth-order valence-electron chi connectivity index (χ4n) is 1.58. The SMILES string of the molecule is Cc1nccc(OC(C(=O)O)c2ccc(F)cc2F)n1. The lowest BCUT2D eigenvalue weighted by Gasteiger charge is -2.15. The second-order valence-corrected chi connectivity index (χ2v) is 3.94. The summed E-state index contributed by atoms with van der Waals surface area (Å²) in [7, 11) is 0. The van der Waals surface area contributed by atoms with E-state index < -0.39 is 23.7 Å². The molecule has 5 nitrogen and oxygen atoms in total. The van der Waals surface area contributed by atoms with Gasteiger partial charge in [-0.1, -0.05) is 0 Å². The Kier molecular flexibility index (Phi) is 3.88. The number of aryl methyl sites for hydroxylation is 1. The molecule has 0 bridgehead atoms. The zero-order chi connectivity index (χ0) is 14.7.